The number of hydrogen-bond donors (Lipinski definition) is 0. The van der Waals surface area contributed by atoms with Gasteiger partial charge in [0.2, 0.25) is 0 Å². The summed E-state index contributed by atoms with van der Waals surface area (Å²) < 4.78 is 5.08. The van der Waals surface area contributed by atoms with Crippen molar-refractivity contribution in [1.29, 1.82) is 0 Å². The molecule has 2 heteroatoms. The summed E-state index contributed by atoms with van der Waals surface area (Å²) in [5, 5.41) is 0. The Labute approximate surface area is 67.9 Å². The lowest BCUT2D eigenvalue weighted by Gasteiger charge is -1.95. The van der Waals surface area contributed by atoms with Crippen LogP contribution in [-0.2, 0) is 9.53 Å². The average molecular weight is 156 g/mol. The average Bonchev–Trinajstić information content (AvgIpc) is 2.80. The van der Waals surface area contributed by atoms with Crippen LogP contribution in [0, 0.1) is 0 Å². The van der Waals surface area contributed by atoms with Gasteiger partial charge in [-0.1, -0.05) is 19.3 Å². The molecule has 0 amide bonds. The maximum Gasteiger partial charge on any atom is 0.119 e. The second-order valence-corrected chi connectivity index (χ2v) is 3.11. The molecule has 0 aromatic heterocycles. The van der Waals surface area contributed by atoms with Gasteiger partial charge in [-0.3, -0.25) is 0 Å². The molecular weight excluding hydrogens is 140 g/mol. The Bertz CT molecular complexity index is 108. The SMILES string of the molecule is O=CCCCCCCC1CO1. The van der Waals surface area contributed by atoms with Gasteiger partial charge in [0.25, 0.3) is 0 Å². The highest BCUT2D eigenvalue weighted by molar-refractivity contribution is 5.48. The highest BCUT2D eigenvalue weighted by atomic mass is 16.6. The van der Waals surface area contributed by atoms with Crippen LogP contribution >= 0.6 is 0 Å². The summed E-state index contributed by atoms with van der Waals surface area (Å²) in [4.78, 5) is 9.94. The molecule has 1 aliphatic rings. The summed E-state index contributed by atoms with van der Waals surface area (Å²) in [6.07, 6.45) is 8.34. The van der Waals surface area contributed by atoms with Crippen LogP contribution in [0.2, 0.25) is 0 Å². The predicted molar refractivity (Wildman–Crippen MR) is 43.5 cm³/mol. The van der Waals surface area contributed by atoms with E-state index in [1.54, 1.807) is 0 Å². The molecule has 1 unspecified atom stereocenters. The van der Waals surface area contributed by atoms with E-state index in [9.17, 15) is 4.79 Å². The van der Waals surface area contributed by atoms with Crippen LogP contribution in [-0.4, -0.2) is 19.0 Å². The van der Waals surface area contributed by atoms with E-state index in [-0.39, 0.29) is 0 Å². The van der Waals surface area contributed by atoms with Gasteiger partial charge in [0.1, 0.15) is 6.29 Å². The van der Waals surface area contributed by atoms with Gasteiger partial charge in [0.05, 0.1) is 12.7 Å². The predicted octanol–water partition coefficient (Wildman–Crippen LogP) is 1.92. The van der Waals surface area contributed by atoms with Crippen molar-refractivity contribution in [2.45, 2.75) is 44.6 Å². The number of hydrogen-bond acceptors (Lipinski definition) is 2. The number of rotatable bonds is 7. The van der Waals surface area contributed by atoms with Crippen molar-refractivity contribution >= 4 is 6.29 Å². The van der Waals surface area contributed by atoms with Crippen LogP contribution in [0.1, 0.15) is 38.5 Å². The fourth-order valence-corrected chi connectivity index (χ4v) is 1.19. The van der Waals surface area contributed by atoms with Gasteiger partial charge in [-0.05, 0) is 12.8 Å². The standard InChI is InChI=1S/C9H16O2/c10-7-5-3-1-2-4-6-9-8-11-9/h7,9H,1-6,8H2. The molecule has 0 radical (unpaired) electrons. The van der Waals surface area contributed by atoms with Crippen molar-refractivity contribution in [3.63, 3.8) is 0 Å². The van der Waals surface area contributed by atoms with E-state index in [0.29, 0.717) is 6.10 Å². The summed E-state index contributed by atoms with van der Waals surface area (Å²) in [6, 6.07) is 0. The lowest BCUT2D eigenvalue weighted by atomic mass is 10.1. The Morgan fingerprint density at radius 2 is 2.00 bits per heavy atom. The first kappa shape index (κ1) is 8.72. The van der Waals surface area contributed by atoms with Crippen LogP contribution in [0.3, 0.4) is 0 Å². The second-order valence-electron chi connectivity index (χ2n) is 3.11. The number of carbonyl (C=O) groups excluding carboxylic acids is 1. The van der Waals surface area contributed by atoms with Gasteiger partial charge in [0.15, 0.2) is 0 Å². The molecule has 64 valence electrons. The van der Waals surface area contributed by atoms with Crippen LogP contribution in [0.4, 0.5) is 0 Å². The van der Waals surface area contributed by atoms with Crippen molar-refractivity contribution in [2.75, 3.05) is 6.61 Å². The Morgan fingerprint density at radius 3 is 2.64 bits per heavy atom. The molecule has 0 saturated carbocycles. The maximum absolute atomic E-state index is 9.94. The Balaban J connectivity index is 1.69. The van der Waals surface area contributed by atoms with E-state index in [4.69, 9.17) is 4.74 Å². The van der Waals surface area contributed by atoms with Gasteiger partial charge in [-0.25, -0.2) is 0 Å². The molecule has 1 heterocycles. The molecule has 1 atom stereocenters. The zero-order valence-corrected chi connectivity index (χ0v) is 6.92. The van der Waals surface area contributed by atoms with Crippen molar-refractivity contribution in [1.82, 2.24) is 0 Å². The molecular formula is C9H16O2. The zero-order valence-electron chi connectivity index (χ0n) is 6.92. The third kappa shape index (κ3) is 4.96. The van der Waals surface area contributed by atoms with E-state index in [1.807, 2.05) is 0 Å². The molecule has 0 aromatic carbocycles. The van der Waals surface area contributed by atoms with E-state index in [2.05, 4.69) is 0 Å². The monoisotopic (exact) mass is 156 g/mol. The highest BCUT2D eigenvalue weighted by Crippen LogP contribution is 2.17. The van der Waals surface area contributed by atoms with Crippen molar-refractivity contribution in [2.24, 2.45) is 0 Å². The number of ether oxygens (including phenoxy) is 1. The first-order valence-electron chi connectivity index (χ1n) is 4.48. The molecule has 0 spiro atoms. The van der Waals surface area contributed by atoms with Crippen molar-refractivity contribution in [3.05, 3.63) is 0 Å². The summed E-state index contributed by atoms with van der Waals surface area (Å²) in [5.41, 5.74) is 0. The van der Waals surface area contributed by atoms with Crippen LogP contribution in [0.15, 0.2) is 0 Å². The molecule has 1 rings (SSSR count). The minimum absolute atomic E-state index is 0.584. The van der Waals surface area contributed by atoms with Gasteiger partial charge in [-0.15, -0.1) is 0 Å². The molecule has 0 aliphatic carbocycles. The summed E-state index contributed by atoms with van der Waals surface area (Å²) in [5.74, 6) is 0. The van der Waals surface area contributed by atoms with E-state index < -0.39 is 0 Å². The molecule has 0 N–H and O–H groups in total. The van der Waals surface area contributed by atoms with Crippen LogP contribution in [0.5, 0.6) is 0 Å². The Kier molecular flexibility index (Phi) is 4.21. The molecule has 1 saturated heterocycles. The number of epoxide rings is 1. The van der Waals surface area contributed by atoms with Crippen LogP contribution in [0.25, 0.3) is 0 Å². The summed E-state index contributed by atoms with van der Waals surface area (Å²) in [6.45, 7) is 0.980. The quantitative estimate of drug-likeness (QED) is 0.320. The number of aldehydes is 1. The lowest BCUT2D eigenvalue weighted by Crippen LogP contribution is -1.85. The van der Waals surface area contributed by atoms with Gasteiger partial charge >= 0.3 is 0 Å². The van der Waals surface area contributed by atoms with Crippen LogP contribution < -0.4 is 0 Å². The van der Waals surface area contributed by atoms with Gasteiger partial charge in [-0.2, -0.15) is 0 Å². The molecule has 1 fully saturated rings. The fraction of sp³-hybridized carbons (Fsp3) is 0.889. The fourth-order valence-electron chi connectivity index (χ4n) is 1.19. The Morgan fingerprint density at radius 1 is 1.27 bits per heavy atom. The van der Waals surface area contributed by atoms with Crippen molar-refractivity contribution in [3.8, 4) is 0 Å². The molecule has 11 heavy (non-hydrogen) atoms. The minimum atomic E-state index is 0.584. The summed E-state index contributed by atoms with van der Waals surface area (Å²) >= 11 is 0. The minimum Gasteiger partial charge on any atom is -0.373 e. The summed E-state index contributed by atoms with van der Waals surface area (Å²) in [7, 11) is 0. The highest BCUT2D eigenvalue weighted by Gasteiger charge is 2.20. The topological polar surface area (TPSA) is 29.6 Å². The smallest absolute Gasteiger partial charge is 0.119 e. The largest absolute Gasteiger partial charge is 0.373 e. The first-order valence-corrected chi connectivity index (χ1v) is 4.48. The molecule has 1 aliphatic heterocycles. The van der Waals surface area contributed by atoms with E-state index in [1.165, 1.54) is 25.7 Å². The third-order valence-electron chi connectivity index (χ3n) is 2.00. The van der Waals surface area contributed by atoms with Crippen molar-refractivity contribution < 1.29 is 9.53 Å². The maximum atomic E-state index is 9.94. The molecule has 0 bridgehead atoms. The van der Waals surface area contributed by atoms with Gasteiger partial charge in [0, 0.05) is 6.42 Å². The van der Waals surface area contributed by atoms with E-state index >= 15 is 0 Å². The van der Waals surface area contributed by atoms with Gasteiger partial charge < -0.3 is 9.53 Å². The molecule has 0 aromatic rings. The number of carbonyl (C=O) groups is 1. The first-order chi connectivity index (χ1) is 5.43. The molecule has 2 nitrogen and oxygen atoms in total. The zero-order chi connectivity index (χ0) is 7.94. The third-order valence-corrected chi connectivity index (χ3v) is 2.00. The lowest BCUT2D eigenvalue weighted by molar-refractivity contribution is -0.107. The van der Waals surface area contributed by atoms with E-state index in [0.717, 1.165) is 25.7 Å². The normalized spacial score (nSPS) is 21.6. The second kappa shape index (κ2) is 5.30. The Hall–Kier alpha value is -0.370. The number of unbranched alkanes of at least 4 members (excludes halogenated alkanes) is 4.